The average Bonchev–Trinajstić information content (AvgIpc) is 2.79. The first-order valence-electron chi connectivity index (χ1n) is 10.5. The number of carbonyl (C=O) groups is 2. The minimum atomic E-state index is -0.944. The highest BCUT2D eigenvalue weighted by molar-refractivity contribution is 6.42. The Hall–Kier alpha value is -3.34. The van der Waals surface area contributed by atoms with Gasteiger partial charge in [-0.25, -0.2) is 14.6 Å². The standard InChI is InChI=1S/C23H24Cl2N4O6/c1-4-35-22(32)19-15(10-34-9-12-8-16(30)29-23(26)28-12)27-11(2)17(21(31)33-3)18(19)13-6-5-7-14(24)20(13)25/h5-8,18,27H,4,9-10H2,1-3H3,(H3,26,28,29,30). The van der Waals surface area contributed by atoms with Crippen molar-refractivity contribution in [3.63, 3.8) is 0 Å². The molecule has 0 amide bonds. The fraction of sp³-hybridized carbons (Fsp3) is 0.304. The third kappa shape index (κ3) is 5.84. The molecule has 10 nitrogen and oxygen atoms in total. The number of aromatic nitrogens is 2. The molecule has 1 aromatic heterocycles. The van der Waals surface area contributed by atoms with Gasteiger partial charge in [-0.15, -0.1) is 0 Å². The van der Waals surface area contributed by atoms with Crippen molar-refractivity contribution in [2.24, 2.45) is 0 Å². The number of rotatable bonds is 8. The van der Waals surface area contributed by atoms with Gasteiger partial charge in [0.15, 0.2) is 0 Å². The minimum Gasteiger partial charge on any atom is -0.466 e. The molecule has 0 saturated carbocycles. The molecular weight excluding hydrogens is 499 g/mol. The number of hydrogen-bond acceptors (Lipinski definition) is 9. The van der Waals surface area contributed by atoms with E-state index in [0.29, 0.717) is 22.7 Å². The summed E-state index contributed by atoms with van der Waals surface area (Å²) in [6.07, 6.45) is 0. The number of methoxy groups -OCH3 is 1. The van der Waals surface area contributed by atoms with Crippen molar-refractivity contribution < 1.29 is 23.8 Å². The summed E-state index contributed by atoms with van der Waals surface area (Å²) in [4.78, 5) is 44.0. The molecular formula is C23H24Cl2N4O6. The van der Waals surface area contributed by atoms with E-state index in [-0.39, 0.29) is 47.0 Å². The van der Waals surface area contributed by atoms with Crippen molar-refractivity contribution in [2.75, 3.05) is 26.1 Å². The number of nitrogens with zero attached hydrogens (tertiary/aromatic N) is 1. The molecule has 0 fully saturated rings. The normalized spacial score (nSPS) is 15.6. The second kappa shape index (κ2) is 11.4. The van der Waals surface area contributed by atoms with Crippen LogP contribution in [-0.4, -0.2) is 42.2 Å². The highest BCUT2D eigenvalue weighted by atomic mass is 35.5. The van der Waals surface area contributed by atoms with E-state index in [9.17, 15) is 14.4 Å². The Labute approximate surface area is 211 Å². The SMILES string of the molecule is CCOC(=O)C1=C(COCc2cc(=O)[nH]c(N)n2)NC(C)=C(C(=O)OC)C1c1cccc(Cl)c1Cl. The zero-order valence-corrected chi connectivity index (χ0v) is 20.7. The lowest BCUT2D eigenvalue weighted by atomic mass is 9.80. The molecule has 4 N–H and O–H groups in total. The van der Waals surface area contributed by atoms with Gasteiger partial charge in [-0.05, 0) is 25.5 Å². The predicted octanol–water partition coefficient (Wildman–Crippen LogP) is 2.83. The first-order chi connectivity index (χ1) is 16.7. The molecule has 1 aromatic carbocycles. The summed E-state index contributed by atoms with van der Waals surface area (Å²) in [6.45, 7) is 3.25. The third-order valence-electron chi connectivity index (χ3n) is 5.15. The second-order valence-corrected chi connectivity index (χ2v) is 8.24. The van der Waals surface area contributed by atoms with Gasteiger partial charge in [0.05, 0.1) is 65.4 Å². The Morgan fingerprint density at radius 2 is 1.91 bits per heavy atom. The number of esters is 2. The van der Waals surface area contributed by atoms with Crippen molar-refractivity contribution in [3.8, 4) is 0 Å². The average molecular weight is 523 g/mol. The molecule has 0 spiro atoms. The van der Waals surface area contributed by atoms with E-state index in [1.54, 1.807) is 32.0 Å². The van der Waals surface area contributed by atoms with Crippen molar-refractivity contribution in [1.82, 2.24) is 15.3 Å². The van der Waals surface area contributed by atoms with Gasteiger partial charge in [-0.1, -0.05) is 35.3 Å². The number of allylic oxidation sites excluding steroid dienone is 1. The fourth-order valence-corrected chi connectivity index (χ4v) is 4.17. The van der Waals surface area contributed by atoms with Gasteiger partial charge in [0, 0.05) is 11.8 Å². The number of ether oxygens (including phenoxy) is 3. The van der Waals surface area contributed by atoms with Crippen LogP contribution in [0.4, 0.5) is 5.95 Å². The van der Waals surface area contributed by atoms with Gasteiger partial charge < -0.3 is 25.3 Å². The first kappa shape index (κ1) is 26.3. The van der Waals surface area contributed by atoms with Crippen LogP contribution >= 0.6 is 23.2 Å². The van der Waals surface area contributed by atoms with Crippen LogP contribution in [0, 0.1) is 0 Å². The molecule has 35 heavy (non-hydrogen) atoms. The van der Waals surface area contributed by atoms with Crippen LogP contribution < -0.4 is 16.6 Å². The van der Waals surface area contributed by atoms with E-state index in [1.807, 2.05) is 0 Å². The summed E-state index contributed by atoms with van der Waals surface area (Å²) < 4.78 is 16.0. The van der Waals surface area contributed by atoms with E-state index in [4.69, 9.17) is 43.1 Å². The van der Waals surface area contributed by atoms with Crippen molar-refractivity contribution in [3.05, 3.63) is 78.5 Å². The summed E-state index contributed by atoms with van der Waals surface area (Å²) >= 11 is 12.8. The third-order valence-corrected chi connectivity index (χ3v) is 5.98. The van der Waals surface area contributed by atoms with E-state index in [0.717, 1.165) is 0 Å². The maximum absolute atomic E-state index is 13.2. The van der Waals surface area contributed by atoms with Crippen molar-refractivity contribution >= 4 is 41.1 Å². The van der Waals surface area contributed by atoms with Gasteiger partial charge in [-0.2, -0.15) is 0 Å². The van der Waals surface area contributed by atoms with Gasteiger partial charge in [0.2, 0.25) is 5.95 Å². The molecule has 12 heteroatoms. The van der Waals surface area contributed by atoms with Crippen molar-refractivity contribution in [2.45, 2.75) is 26.4 Å². The van der Waals surface area contributed by atoms with Gasteiger partial charge in [-0.3, -0.25) is 9.78 Å². The van der Waals surface area contributed by atoms with Gasteiger partial charge in [0.25, 0.3) is 5.56 Å². The van der Waals surface area contributed by atoms with E-state index in [2.05, 4.69) is 15.3 Å². The summed E-state index contributed by atoms with van der Waals surface area (Å²) in [5, 5.41) is 3.49. The largest absolute Gasteiger partial charge is 0.466 e. The lowest BCUT2D eigenvalue weighted by Crippen LogP contribution is -2.34. The Balaban J connectivity index is 2.09. The molecule has 2 heterocycles. The monoisotopic (exact) mass is 522 g/mol. The maximum Gasteiger partial charge on any atom is 0.336 e. The number of H-pyrrole nitrogens is 1. The quantitative estimate of drug-likeness (QED) is 0.445. The number of carbonyl (C=O) groups excluding carboxylic acids is 2. The first-order valence-corrected chi connectivity index (χ1v) is 11.3. The molecule has 1 aliphatic heterocycles. The molecule has 1 aliphatic rings. The second-order valence-electron chi connectivity index (χ2n) is 7.46. The highest BCUT2D eigenvalue weighted by Gasteiger charge is 2.40. The highest BCUT2D eigenvalue weighted by Crippen LogP contribution is 2.43. The zero-order chi connectivity index (χ0) is 25.7. The Morgan fingerprint density at radius 3 is 2.57 bits per heavy atom. The van der Waals surface area contributed by atoms with Crippen LogP contribution in [0.25, 0.3) is 0 Å². The molecule has 0 bridgehead atoms. The van der Waals surface area contributed by atoms with Crippen molar-refractivity contribution in [1.29, 1.82) is 0 Å². The van der Waals surface area contributed by atoms with E-state index < -0.39 is 23.4 Å². The van der Waals surface area contributed by atoms with Crippen LogP contribution in [0.2, 0.25) is 10.0 Å². The summed E-state index contributed by atoms with van der Waals surface area (Å²) in [6, 6.07) is 6.18. The summed E-state index contributed by atoms with van der Waals surface area (Å²) in [7, 11) is 1.24. The number of nitrogen functional groups attached to an aromatic ring is 1. The number of aromatic amines is 1. The lowest BCUT2D eigenvalue weighted by Gasteiger charge is -2.31. The molecule has 0 radical (unpaired) electrons. The molecule has 1 unspecified atom stereocenters. The molecule has 2 aromatic rings. The fourth-order valence-electron chi connectivity index (χ4n) is 3.76. The molecule has 186 valence electrons. The van der Waals surface area contributed by atoms with E-state index >= 15 is 0 Å². The number of hydrogen-bond donors (Lipinski definition) is 3. The van der Waals surface area contributed by atoms with Crippen LogP contribution in [-0.2, 0) is 30.4 Å². The summed E-state index contributed by atoms with van der Waals surface area (Å²) in [5.41, 5.74) is 6.94. The zero-order valence-electron chi connectivity index (χ0n) is 19.2. The lowest BCUT2D eigenvalue weighted by molar-refractivity contribution is -0.139. The van der Waals surface area contributed by atoms with Crippen LogP contribution in [0.3, 0.4) is 0 Å². The number of dihydropyridines is 1. The molecule has 0 aliphatic carbocycles. The Kier molecular flexibility index (Phi) is 8.55. The molecule has 1 atom stereocenters. The molecule has 3 rings (SSSR count). The Morgan fingerprint density at radius 1 is 1.17 bits per heavy atom. The van der Waals surface area contributed by atoms with E-state index in [1.165, 1.54) is 13.2 Å². The Bertz CT molecular complexity index is 1270. The maximum atomic E-state index is 13.2. The van der Waals surface area contributed by atoms with Gasteiger partial charge in [0.1, 0.15) is 0 Å². The minimum absolute atomic E-state index is 0.0459. The van der Waals surface area contributed by atoms with Crippen LogP contribution in [0.15, 0.2) is 51.6 Å². The van der Waals surface area contributed by atoms with Crippen LogP contribution in [0.5, 0.6) is 0 Å². The number of anilines is 1. The number of benzene rings is 1. The predicted molar refractivity (Wildman–Crippen MR) is 130 cm³/mol. The molecule has 0 saturated heterocycles. The number of nitrogens with one attached hydrogen (secondary N) is 2. The van der Waals surface area contributed by atoms with Crippen LogP contribution in [0.1, 0.15) is 31.0 Å². The van der Waals surface area contributed by atoms with Gasteiger partial charge >= 0.3 is 11.9 Å². The number of halogens is 2. The smallest absolute Gasteiger partial charge is 0.336 e. The summed E-state index contributed by atoms with van der Waals surface area (Å²) in [5.74, 6) is -2.32. The number of nitrogens with two attached hydrogens (primary N) is 1. The topological polar surface area (TPSA) is 146 Å².